The van der Waals surface area contributed by atoms with Crippen molar-refractivity contribution in [2.75, 3.05) is 0 Å². The number of rotatable bonds is 8. The molecule has 4 nitrogen and oxygen atoms in total. The van der Waals surface area contributed by atoms with Crippen LogP contribution < -0.4 is 0 Å². The normalized spacial score (nSPS) is 24.4. The minimum atomic E-state index is -0.212. The van der Waals surface area contributed by atoms with Crippen LogP contribution in [0.4, 0.5) is 0 Å². The van der Waals surface area contributed by atoms with Gasteiger partial charge in [-0.1, -0.05) is 58.5 Å². The molecule has 0 aliphatic heterocycles. The Balaban J connectivity index is 2.28. The zero-order valence-corrected chi connectivity index (χ0v) is 16.5. The summed E-state index contributed by atoms with van der Waals surface area (Å²) in [4.78, 5) is 23.3. The van der Waals surface area contributed by atoms with Gasteiger partial charge in [-0.2, -0.15) is 0 Å². The zero-order valence-electron chi connectivity index (χ0n) is 13.4. The summed E-state index contributed by atoms with van der Waals surface area (Å²) >= 11 is 6.71. The smallest absolute Gasteiger partial charge is 0.319 e. The van der Waals surface area contributed by atoms with E-state index in [9.17, 15) is 9.59 Å². The first kappa shape index (κ1) is 19.9. The molecule has 1 fully saturated rings. The monoisotopic (exact) mass is 440 g/mol. The molecule has 0 N–H and O–H groups in total. The van der Waals surface area contributed by atoms with Gasteiger partial charge in [-0.15, -0.1) is 0 Å². The van der Waals surface area contributed by atoms with Crippen molar-refractivity contribution in [3.8, 4) is 0 Å². The van der Waals surface area contributed by atoms with Crippen molar-refractivity contribution in [2.24, 2.45) is 0 Å². The van der Waals surface area contributed by atoms with E-state index in [1.54, 1.807) is 0 Å². The quantitative estimate of drug-likeness (QED) is 0.410. The molecule has 0 aromatic rings. The molecule has 22 heavy (non-hydrogen) atoms. The van der Waals surface area contributed by atoms with Gasteiger partial charge in [0, 0.05) is 0 Å². The lowest BCUT2D eigenvalue weighted by Crippen LogP contribution is -2.33. The summed E-state index contributed by atoms with van der Waals surface area (Å²) < 4.78 is 11.0. The minimum absolute atomic E-state index is 0.0465. The van der Waals surface area contributed by atoms with Crippen molar-refractivity contribution in [2.45, 2.75) is 87.1 Å². The fraction of sp³-hybridized carbons (Fsp3) is 0.875. The van der Waals surface area contributed by atoms with Crippen molar-refractivity contribution >= 4 is 43.8 Å². The van der Waals surface area contributed by atoms with E-state index in [2.05, 4.69) is 31.9 Å². The Bertz CT molecular complexity index is 320. The summed E-state index contributed by atoms with van der Waals surface area (Å²) in [5, 5.41) is 0. The Morgan fingerprint density at radius 3 is 1.45 bits per heavy atom. The van der Waals surface area contributed by atoms with E-state index in [1.807, 2.05) is 13.8 Å². The van der Waals surface area contributed by atoms with Crippen LogP contribution >= 0.6 is 31.9 Å². The maximum Gasteiger partial charge on any atom is 0.319 e. The van der Waals surface area contributed by atoms with E-state index in [0.29, 0.717) is 0 Å². The van der Waals surface area contributed by atoms with Crippen LogP contribution in [0.15, 0.2) is 0 Å². The number of ether oxygens (including phenoxy) is 2. The summed E-state index contributed by atoms with van der Waals surface area (Å²) in [6, 6.07) is 0. The molecule has 0 spiro atoms. The van der Waals surface area contributed by atoms with Gasteiger partial charge in [0.2, 0.25) is 0 Å². The van der Waals surface area contributed by atoms with Crippen LogP contribution in [0.2, 0.25) is 0 Å². The average Bonchev–Trinajstić information content (AvgIpc) is 2.49. The molecule has 0 aromatic carbocycles. The second kappa shape index (κ2) is 10.6. The fourth-order valence-electron chi connectivity index (χ4n) is 2.49. The number of halogens is 2. The average molecular weight is 442 g/mol. The standard InChI is InChI=1S/C16H26Br2O4/c1-3-5-13(17)15(19)21-11-7-9-12(10-8-11)22-16(20)14(18)6-4-2/h11-14H,3-10H2,1-2H3. The van der Waals surface area contributed by atoms with Gasteiger partial charge in [0.25, 0.3) is 0 Å². The Morgan fingerprint density at radius 1 is 0.864 bits per heavy atom. The van der Waals surface area contributed by atoms with E-state index in [1.165, 1.54) is 0 Å². The van der Waals surface area contributed by atoms with Crippen LogP contribution in [-0.4, -0.2) is 33.8 Å². The topological polar surface area (TPSA) is 52.6 Å². The fourth-order valence-corrected chi connectivity index (χ4v) is 3.62. The van der Waals surface area contributed by atoms with Crippen LogP contribution in [0.25, 0.3) is 0 Å². The van der Waals surface area contributed by atoms with E-state index in [4.69, 9.17) is 9.47 Å². The third-order valence-electron chi connectivity index (χ3n) is 3.78. The van der Waals surface area contributed by atoms with Gasteiger partial charge in [0.1, 0.15) is 21.9 Å². The molecule has 0 amide bonds. The molecular weight excluding hydrogens is 416 g/mol. The molecule has 6 heteroatoms. The van der Waals surface area contributed by atoms with Crippen LogP contribution in [0, 0.1) is 0 Å². The Kier molecular flexibility index (Phi) is 9.64. The number of alkyl halides is 2. The number of hydrogen-bond acceptors (Lipinski definition) is 4. The molecule has 0 bridgehead atoms. The first-order chi connectivity index (χ1) is 10.5. The highest BCUT2D eigenvalue weighted by molar-refractivity contribution is 9.10. The number of esters is 2. The summed E-state index contributed by atoms with van der Waals surface area (Å²) in [7, 11) is 0. The molecule has 0 radical (unpaired) electrons. The van der Waals surface area contributed by atoms with Gasteiger partial charge in [-0.3, -0.25) is 9.59 Å². The largest absolute Gasteiger partial charge is 0.462 e. The third kappa shape index (κ3) is 6.99. The highest BCUT2D eigenvalue weighted by Gasteiger charge is 2.29. The molecule has 0 aromatic heterocycles. The van der Waals surface area contributed by atoms with Crippen LogP contribution in [0.3, 0.4) is 0 Å². The third-order valence-corrected chi connectivity index (χ3v) is 5.45. The first-order valence-electron chi connectivity index (χ1n) is 8.17. The van der Waals surface area contributed by atoms with Crippen LogP contribution in [0.1, 0.15) is 65.2 Å². The lowest BCUT2D eigenvalue weighted by molar-refractivity contribution is -0.157. The molecule has 0 saturated heterocycles. The molecule has 1 rings (SSSR count). The Labute approximate surface area is 149 Å². The molecule has 1 aliphatic carbocycles. The Morgan fingerprint density at radius 2 is 1.18 bits per heavy atom. The molecule has 1 aliphatic rings. The van der Waals surface area contributed by atoms with Gasteiger partial charge in [-0.25, -0.2) is 0 Å². The van der Waals surface area contributed by atoms with Crippen molar-refractivity contribution < 1.29 is 19.1 Å². The van der Waals surface area contributed by atoms with Crippen molar-refractivity contribution in [1.82, 2.24) is 0 Å². The predicted octanol–water partition coefficient (Wildman–Crippen LogP) is 4.51. The van der Waals surface area contributed by atoms with Gasteiger partial charge >= 0.3 is 11.9 Å². The minimum Gasteiger partial charge on any atom is -0.462 e. The lowest BCUT2D eigenvalue weighted by Gasteiger charge is -2.29. The summed E-state index contributed by atoms with van der Waals surface area (Å²) in [5.41, 5.74) is 0. The molecule has 2 unspecified atom stereocenters. The maximum atomic E-state index is 11.9. The van der Waals surface area contributed by atoms with Crippen molar-refractivity contribution in [1.29, 1.82) is 0 Å². The van der Waals surface area contributed by atoms with Gasteiger partial charge in [-0.05, 0) is 38.5 Å². The molecule has 128 valence electrons. The second-order valence-electron chi connectivity index (χ2n) is 5.78. The molecular formula is C16H26Br2O4. The number of carbonyl (C=O) groups excluding carboxylic acids is 2. The van der Waals surface area contributed by atoms with E-state index in [0.717, 1.165) is 51.4 Å². The van der Waals surface area contributed by atoms with Crippen molar-refractivity contribution in [3.63, 3.8) is 0 Å². The maximum absolute atomic E-state index is 11.9. The number of hydrogen-bond donors (Lipinski definition) is 0. The second-order valence-corrected chi connectivity index (χ2v) is 8.00. The van der Waals surface area contributed by atoms with Crippen LogP contribution in [-0.2, 0) is 19.1 Å². The molecule has 1 saturated carbocycles. The summed E-state index contributed by atoms with van der Waals surface area (Å²) in [6.07, 6.45) is 6.41. The highest BCUT2D eigenvalue weighted by atomic mass is 79.9. The molecule has 2 atom stereocenters. The van der Waals surface area contributed by atoms with Gasteiger partial charge < -0.3 is 9.47 Å². The first-order valence-corrected chi connectivity index (χ1v) is 10.00. The highest BCUT2D eigenvalue weighted by Crippen LogP contribution is 2.26. The Hall–Kier alpha value is -0.100. The van der Waals surface area contributed by atoms with E-state index < -0.39 is 0 Å². The summed E-state index contributed by atoms with van der Waals surface area (Å²) in [6.45, 7) is 4.08. The SMILES string of the molecule is CCCC(Br)C(=O)OC1CCC(OC(=O)C(Br)CCC)CC1. The van der Waals surface area contributed by atoms with Gasteiger partial charge in [0.05, 0.1) is 0 Å². The number of carbonyl (C=O) groups is 2. The lowest BCUT2D eigenvalue weighted by atomic mass is 9.95. The summed E-state index contributed by atoms with van der Waals surface area (Å²) in [5.74, 6) is -0.350. The van der Waals surface area contributed by atoms with E-state index >= 15 is 0 Å². The predicted molar refractivity (Wildman–Crippen MR) is 93.5 cm³/mol. The zero-order chi connectivity index (χ0) is 16.5. The van der Waals surface area contributed by atoms with Crippen molar-refractivity contribution in [3.05, 3.63) is 0 Å². The molecule has 0 heterocycles. The van der Waals surface area contributed by atoms with E-state index in [-0.39, 0.29) is 33.8 Å². The van der Waals surface area contributed by atoms with Gasteiger partial charge in [0.15, 0.2) is 0 Å². The van der Waals surface area contributed by atoms with Crippen LogP contribution in [0.5, 0.6) is 0 Å².